The van der Waals surface area contributed by atoms with Crippen LogP contribution in [0.15, 0.2) is 60.9 Å². The number of nitrogens with one attached hydrogen (secondary N) is 1. The van der Waals surface area contributed by atoms with Gasteiger partial charge in [-0.25, -0.2) is 9.78 Å². The van der Waals surface area contributed by atoms with Gasteiger partial charge in [0.2, 0.25) is 0 Å². The number of carbonyl (C=O) groups excluding carboxylic acids is 1. The van der Waals surface area contributed by atoms with Gasteiger partial charge in [-0.05, 0) is 42.0 Å². The third kappa shape index (κ3) is 4.38. The van der Waals surface area contributed by atoms with E-state index < -0.39 is 0 Å². The number of ether oxygens (including phenoxy) is 1. The van der Waals surface area contributed by atoms with Gasteiger partial charge in [0, 0.05) is 6.04 Å². The van der Waals surface area contributed by atoms with Crippen LogP contribution in [0.3, 0.4) is 0 Å². The molecule has 1 saturated heterocycles. The fourth-order valence-electron chi connectivity index (χ4n) is 3.88. The first kappa shape index (κ1) is 20.8. The first-order valence-electron chi connectivity index (χ1n) is 10.6. The number of benzene rings is 2. The average molecular weight is 417 g/mol. The summed E-state index contributed by atoms with van der Waals surface area (Å²) >= 11 is 0. The Morgan fingerprint density at radius 3 is 2.52 bits per heavy atom. The molecular formula is C25H28N4O2. The van der Waals surface area contributed by atoms with Gasteiger partial charge in [-0.2, -0.15) is 0 Å². The highest BCUT2D eigenvalue weighted by atomic mass is 16.6. The SMILES string of the molecule is Cc1ccccc1-c1ccc([C@H](C)Nc2cncc(N3C(=O)OC[C@@H]3C(C)C)n2)cc1. The van der Waals surface area contributed by atoms with Crippen molar-refractivity contribution in [3.63, 3.8) is 0 Å². The molecule has 1 N–H and O–H groups in total. The van der Waals surface area contributed by atoms with E-state index in [1.165, 1.54) is 16.7 Å². The Morgan fingerprint density at radius 1 is 1.06 bits per heavy atom. The maximum atomic E-state index is 12.2. The highest BCUT2D eigenvalue weighted by Crippen LogP contribution is 2.28. The van der Waals surface area contributed by atoms with Gasteiger partial charge in [0.1, 0.15) is 12.4 Å². The van der Waals surface area contributed by atoms with E-state index in [0.717, 1.165) is 5.56 Å². The van der Waals surface area contributed by atoms with Crippen molar-refractivity contribution >= 4 is 17.7 Å². The highest BCUT2D eigenvalue weighted by Gasteiger charge is 2.37. The Kier molecular flexibility index (Phi) is 5.89. The molecule has 2 heterocycles. The van der Waals surface area contributed by atoms with Gasteiger partial charge in [-0.15, -0.1) is 0 Å². The predicted molar refractivity (Wildman–Crippen MR) is 123 cm³/mol. The lowest BCUT2D eigenvalue weighted by atomic mass is 9.98. The molecule has 0 saturated carbocycles. The van der Waals surface area contributed by atoms with Gasteiger partial charge >= 0.3 is 6.09 Å². The molecule has 0 unspecified atom stereocenters. The number of hydrogen-bond acceptors (Lipinski definition) is 5. The van der Waals surface area contributed by atoms with Crippen LogP contribution in [0.25, 0.3) is 11.1 Å². The highest BCUT2D eigenvalue weighted by molar-refractivity contribution is 5.89. The van der Waals surface area contributed by atoms with Crippen LogP contribution in [0.1, 0.15) is 37.9 Å². The van der Waals surface area contributed by atoms with E-state index in [2.05, 4.69) is 91.5 Å². The number of rotatable bonds is 6. The molecule has 6 heteroatoms. The summed E-state index contributed by atoms with van der Waals surface area (Å²) < 4.78 is 5.24. The van der Waals surface area contributed by atoms with Crippen molar-refractivity contribution in [2.24, 2.45) is 5.92 Å². The fourth-order valence-corrected chi connectivity index (χ4v) is 3.88. The van der Waals surface area contributed by atoms with Crippen LogP contribution in [0.2, 0.25) is 0 Å². The van der Waals surface area contributed by atoms with Crippen LogP contribution < -0.4 is 10.2 Å². The topological polar surface area (TPSA) is 67.4 Å². The molecule has 1 aliphatic rings. The van der Waals surface area contributed by atoms with Crippen molar-refractivity contribution in [3.8, 4) is 11.1 Å². The molecule has 2 atom stereocenters. The van der Waals surface area contributed by atoms with Crippen LogP contribution in [0.5, 0.6) is 0 Å². The second kappa shape index (κ2) is 8.76. The van der Waals surface area contributed by atoms with Crippen LogP contribution in [0.4, 0.5) is 16.4 Å². The molecule has 160 valence electrons. The zero-order chi connectivity index (χ0) is 22.0. The number of anilines is 2. The van der Waals surface area contributed by atoms with E-state index in [1.54, 1.807) is 17.3 Å². The minimum atomic E-state index is -0.370. The molecule has 1 amide bonds. The van der Waals surface area contributed by atoms with Gasteiger partial charge in [-0.1, -0.05) is 62.4 Å². The molecule has 0 aliphatic carbocycles. The van der Waals surface area contributed by atoms with Gasteiger partial charge in [0.05, 0.1) is 18.4 Å². The Bertz CT molecular complexity index is 1070. The van der Waals surface area contributed by atoms with Crippen LogP contribution in [-0.4, -0.2) is 28.7 Å². The molecule has 4 rings (SSSR count). The maximum Gasteiger partial charge on any atom is 0.415 e. The smallest absolute Gasteiger partial charge is 0.415 e. The first-order valence-corrected chi connectivity index (χ1v) is 10.6. The number of nitrogens with zero attached hydrogens (tertiary/aromatic N) is 3. The Morgan fingerprint density at radius 2 is 1.81 bits per heavy atom. The van der Waals surface area contributed by atoms with Crippen LogP contribution >= 0.6 is 0 Å². The van der Waals surface area contributed by atoms with Crippen molar-refractivity contribution in [2.45, 2.75) is 39.8 Å². The van der Waals surface area contributed by atoms with Crippen molar-refractivity contribution in [2.75, 3.05) is 16.8 Å². The Hall–Kier alpha value is -3.41. The molecule has 1 aliphatic heterocycles. The van der Waals surface area contributed by atoms with E-state index >= 15 is 0 Å². The molecule has 6 nitrogen and oxygen atoms in total. The lowest BCUT2D eigenvalue weighted by molar-refractivity contribution is 0.177. The van der Waals surface area contributed by atoms with E-state index in [1.807, 2.05) is 0 Å². The summed E-state index contributed by atoms with van der Waals surface area (Å²) in [6.07, 6.45) is 2.91. The second-order valence-electron chi connectivity index (χ2n) is 8.32. The minimum Gasteiger partial charge on any atom is -0.447 e. The van der Waals surface area contributed by atoms with E-state index in [-0.39, 0.29) is 24.1 Å². The number of aromatic nitrogens is 2. The predicted octanol–water partition coefficient (Wildman–Crippen LogP) is 5.61. The standard InChI is InChI=1S/C25H28N4O2/c1-16(2)22-15-31-25(30)29(22)24-14-26-13-23(28-24)27-18(4)19-9-11-20(12-10-19)21-8-6-5-7-17(21)3/h5-14,16,18,22H,15H2,1-4H3,(H,27,28)/t18-,22+/m0/s1. The van der Waals surface area contributed by atoms with Crippen molar-refractivity contribution in [3.05, 3.63) is 72.1 Å². The minimum absolute atomic E-state index is 0.0295. The summed E-state index contributed by atoms with van der Waals surface area (Å²) in [5.74, 6) is 1.39. The molecule has 1 aromatic heterocycles. The third-order valence-electron chi connectivity index (χ3n) is 5.78. The Balaban J connectivity index is 1.50. The van der Waals surface area contributed by atoms with Crippen molar-refractivity contribution in [1.82, 2.24) is 9.97 Å². The lowest BCUT2D eigenvalue weighted by Crippen LogP contribution is -2.37. The van der Waals surface area contributed by atoms with Gasteiger partial charge < -0.3 is 10.1 Å². The molecule has 3 aromatic rings. The summed E-state index contributed by atoms with van der Waals surface area (Å²) in [7, 11) is 0. The number of amides is 1. The molecule has 1 fully saturated rings. The molecule has 0 bridgehead atoms. The molecular weight excluding hydrogens is 388 g/mol. The van der Waals surface area contributed by atoms with Crippen molar-refractivity contribution in [1.29, 1.82) is 0 Å². The van der Waals surface area contributed by atoms with Gasteiger partial charge in [0.25, 0.3) is 0 Å². The number of aryl methyl sites for hydroxylation is 1. The fraction of sp³-hybridized carbons (Fsp3) is 0.320. The van der Waals surface area contributed by atoms with Gasteiger partial charge in [-0.3, -0.25) is 9.88 Å². The summed E-state index contributed by atoms with van der Waals surface area (Å²) in [5.41, 5.74) is 4.84. The number of hydrogen-bond donors (Lipinski definition) is 1. The maximum absolute atomic E-state index is 12.2. The van der Waals surface area contributed by atoms with E-state index in [9.17, 15) is 4.79 Å². The Labute approximate surface area is 183 Å². The zero-order valence-electron chi connectivity index (χ0n) is 18.4. The quantitative estimate of drug-likeness (QED) is 0.566. The first-order chi connectivity index (χ1) is 14.9. The van der Waals surface area contributed by atoms with Gasteiger partial charge in [0.15, 0.2) is 5.82 Å². The largest absolute Gasteiger partial charge is 0.447 e. The molecule has 0 spiro atoms. The normalized spacial score (nSPS) is 17.0. The molecule has 2 aromatic carbocycles. The summed E-state index contributed by atoms with van der Waals surface area (Å²) in [5, 5.41) is 3.40. The second-order valence-corrected chi connectivity index (χ2v) is 8.32. The molecule has 31 heavy (non-hydrogen) atoms. The van der Waals surface area contributed by atoms with Crippen molar-refractivity contribution < 1.29 is 9.53 Å². The third-order valence-corrected chi connectivity index (χ3v) is 5.78. The monoisotopic (exact) mass is 416 g/mol. The lowest BCUT2D eigenvalue weighted by Gasteiger charge is -2.23. The average Bonchev–Trinajstić information content (AvgIpc) is 3.16. The number of cyclic esters (lactones) is 1. The summed E-state index contributed by atoms with van der Waals surface area (Å²) in [6.45, 7) is 8.71. The molecule has 0 radical (unpaired) electrons. The van der Waals surface area contributed by atoms with Crippen LogP contribution in [0, 0.1) is 12.8 Å². The van der Waals surface area contributed by atoms with E-state index in [0.29, 0.717) is 18.2 Å². The summed E-state index contributed by atoms with van der Waals surface area (Å²) in [4.78, 5) is 22.8. The zero-order valence-corrected chi connectivity index (χ0v) is 18.4. The number of carbonyl (C=O) groups is 1. The van der Waals surface area contributed by atoms with Crippen LogP contribution in [-0.2, 0) is 4.74 Å². The van der Waals surface area contributed by atoms with E-state index in [4.69, 9.17) is 4.74 Å². The summed E-state index contributed by atoms with van der Waals surface area (Å²) in [6, 6.07) is 16.9.